The summed E-state index contributed by atoms with van der Waals surface area (Å²) in [4.78, 5) is 16.2. The molecule has 7 nitrogen and oxygen atoms in total. The molecular weight excluding hydrogens is 318 g/mol. The highest BCUT2D eigenvalue weighted by Gasteiger charge is 2.27. The second kappa shape index (κ2) is 6.84. The molecule has 2 fully saturated rings. The van der Waals surface area contributed by atoms with Crippen molar-refractivity contribution in [1.82, 2.24) is 10.3 Å². The Morgan fingerprint density at radius 1 is 1.39 bits per heavy atom. The van der Waals surface area contributed by atoms with Crippen LogP contribution in [0.3, 0.4) is 0 Å². The first kappa shape index (κ1) is 16.2. The highest BCUT2D eigenvalue weighted by molar-refractivity contribution is 7.91. The number of carbonyl (C=O) groups excluding carboxylic acids is 1. The van der Waals surface area contributed by atoms with E-state index in [0.29, 0.717) is 24.3 Å². The quantitative estimate of drug-likeness (QED) is 0.815. The Bertz CT molecular complexity index is 671. The SMILES string of the molecule is O=C(NCC1CCCO1)c1cc(NC2CCS(=O)(=O)C2)ccn1. The summed E-state index contributed by atoms with van der Waals surface area (Å²) < 4.78 is 28.4. The van der Waals surface area contributed by atoms with Gasteiger partial charge in [0, 0.05) is 31.1 Å². The molecular formula is C15H21N3O4S. The van der Waals surface area contributed by atoms with Crippen molar-refractivity contribution in [3.63, 3.8) is 0 Å². The Balaban J connectivity index is 1.57. The average Bonchev–Trinajstić information content (AvgIpc) is 3.14. The van der Waals surface area contributed by atoms with Crippen molar-refractivity contribution in [2.45, 2.75) is 31.4 Å². The van der Waals surface area contributed by atoms with Crippen LogP contribution in [0.2, 0.25) is 0 Å². The maximum atomic E-state index is 12.1. The molecule has 2 atom stereocenters. The fourth-order valence-corrected chi connectivity index (χ4v) is 4.56. The van der Waals surface area contributed by atoms with Crippen LogP contribution in [0.5, 0.6) is 0 Å². The van der Waals surface area contributed by atoms with Crippen LogP contribution in [0, 0.1) is 0 Å². The number of nitrogens with zero attached hydrogens (tertiary/aromatic N) is 1. The number of rotatable bonds is 5. The van der Waals surface area contributed by atoms with Crippen molar-refractivity contribution >= 4 is 21.4 Å². The highest BCUT2D eigenvalue weighted by Crippen LogP contribution is 2.18. The Hall–Kier alpha value is -1.67. The van der Waals surface area contributed by atoms with Crippen LogP contribution >= 0.6 is 0 Å². The van der Waals surface area contributed by atoms with Gasteiger partial charge in [-0.05, 0) is 31.4 Å². The first-order valence-corrected chi connectivity index (χ1v) is 9.67. The van der Waals surface area contributed by atoms with E-state index in [2.05, 4.69) is 15.6 Å². The molecule has 1 aromatic heterocycles. The first-order chi connectivity index (χ1) is 11.0. The Morgan fingerprint density at radius 3 is 2.96 bits per heavy atom. The minimum Gasteiger partial charge on any atom is -0.381 e. The molecule has 0 saturated carbocycles. The number of hydrogen-bond acceptors (Lipinski definition) is 6. The predicted molar refractivity (Wildman–Crippen MR) is 86.2 cm³/mol. The van der Waals surface area contributed by atoms with Crippen LogP contribution in [-0.4, -0.2) is 56.1 Å². The maximum Gasteiger partial charge on any atom is 0.270 e. The second-order valence-corrected chi connectivity index (χ2v) is 8.25. The van der Waals surface area contributed by atoms with Gasteiger partial charge in [-0.1, -0.05) is 0 Å². The molecule has 1 aromatic rings. The smallest absolute Gasteiger partial charge is 0.270 e. The van der Waals surface area contributed by atoms with Crippen molar-refractivity contribution in [3.8, 4) is 0 Å². The lowest BCUT2D eigenvalue weighted by Crippen LogP contribution is -2.32. The molecule has 3 rings (SSSR count). The van der Waals surface area contributed by atoms with Crippen LogP contribution in [0.25, 0.3) is 0 Å². The van der Waals surface area contributed by atoms with Crippen molar-refractivity contribution in [3.05, 3.63) is 24.0 Å². The first-order valence-electron chi connectivity index (χ1n) is 7.85. The minimum atomic E-state index is -2.93. The lowest BCUT2D eigenvalue weighted by atomic mass is 10.2. The maximum absolute atomic E-state index is 12.1. The van der Waals surface area contributed by atoms with Gasteiger partial charge in [0.1, 0.15) is 5.69 Å². The third-order valence-corrected chi connectivity index (χ3v) is 5.88. The molecule has 2 aliphatic heterocycles. The van der Waals surface area contributed by atoms with E-state index in [9.17, 15) is 13.2 Å². The third kappa shape index (κ3) is 4.42. The zero-order chi connectivity index (χ0) is 16.3. The molecule has 2 unspecified atom stereocenters. The summed E-state index contributed by atoms with van der Waals surface area (Å²) in [6.07, 6.45) is 4.22. The topological polar surface area (TPSA) is 97.4 Å². The van der Waals surface area contributed by atoms with Gasteiger partial charge in [-0.15, -0.1) is 0 Å². The van der Waals surface area contributed by atoms with Crippen molar-refractivity contribution in [2.24, 2.45) is 0 Å². The zero-order valence-corrected chi connectivity index (χ0v) is 13.6. The number of hydrogen-bond donors (Lipinski definition) is 2. The van der Waals surface area contributed by atoms with E-state index in [-0.39, 0.29) is 29.6 Å². The normalized spacial score (nSPS) is 26.1. The number of ether oxygens (including phenoxy) is 1. The molecule has 126 valence electrons. The van der Waals surface area contributed by atoms with Gasteiger partial charge in [-0.25, -0.2) is 8.42 Å². The summed E-state index contributed by atoms with van der Waals surface area (Å²) in [6, 6.07) is 3.28. The van der Waals surface area contributed by atoms with E-state index < -0.39 is 9.84 Å². The molecule has 1 amide bonds. The summed E-state index contributed by atoms with van der Waals surface area (Å²) in [5.41, 5.74) is 1.03. The van der Waals surface area contributed by atoms with E-state index in [1.807, 2.05) is 0 Å². The van der Waals surface area contributed by atoms with Gasteiger partial charge in [0.25, 0.3) is 5.91 Å². The molecule has 0 spiro atoms. The van der Waals surface area contributed by atoms with E-state index in [1.54, 1.807) is 18.3 Å². The molecule has 0 bridgehead atoms. The number of nitrogens with one attached hydrogen (secondary N) is 2. The van der Waals surface area contributed by atoms with Gasteiger partial charge in [-0.3, -0.25) is 9.78 Å². The zero-order valence-electron chi connectivity index (χ0n) is 12.8. The lowest BCUT2D eigenvalue weighted by Gasteiger charge is -2.14. The number of anilines is 1. The van der Waals surface area contributed by atoms with Crippen LogP contribution < -0.4 is 10.6 Å². The van der Waals surface area contributed by atoms with Gasteiger partial charge in [0.2, 0.25) is 0 Å². The number of pyridine rings is 1. The molecule has 0 aromatic carbocycles. The van der Waals surface area contributed by atoms with E-state index >= 15 is 0 Å². The fourth-order valence-electron chi connectivity index (χ4n) is 2.89. The minimum absolute atomic E-state index is 0.0870. The molecule has 2 N–H and O–H groups in total. The Labute approximate surface area is 135 Å². The third-order valence-electron chi connectivity index (χ3n) is 4.11. The van der Waals surface area contributed by atoms with Gasteiger partial charge in [0.05, 0.1) is 17.6 Å². The van der Waals surface area contributed by atoms with Crippen LogP contribution in [0.1, 0.15) is 29.8 Å². The molecule has 0 aliphatic carbocycles. The van der Waals surface area contributed by atoms with Crippen molar-refractivity contribution in [2.75, 3.05) is 30.0 Å². The monoisotopic (exact) mass is 339 g/mol. The van der Waals surface area contributed by atoms with Gasteiger partial charge in [0.15, 0.2) is 9.84 Å². The van der Waals surface area contributed by atoms with Gasteiger partial charge < -0.3 is 15.4 Å². The van der Waals surface area contributed by atoms with E-state index in [0.717, 1.165) is 19.4 Å². The molecule has 8 heteroatoms. The van der Waals surface area contributed by atoms with Crippen molar-refractivity contribution < 1.29 is 17.9 Å². The van der Waals surface area contributed by atoms with Crippen LogP contribution in [0.4, 0.5) is 5.69 Å². The summed E-state index contributed by atoms with van der Waals surface area (Å²) >= 11 is 0. The lowest BCUT2D eigenvalue weighted by molar-refractivity contribution is 0.0854. The summed E-state index contributed by atoms with van der Waals surface area (Å²) in [7, 11) is -2.93. The largest absolute Gasteiger partial charge is 0.381 e. The van der Waals surface area contributed by atoms with Crippen LogP contribution in [0.15, 0.2) is 18.3 Å². The highest BCUT2D eigenvalue weighted by atomic mass is 32.2. The summed E-state index contributed by atoms with van der Waals surface area (Å²) in [6.45, 7) is 1.24. The molecule has 2 saturated heterocycles. The van der Waals surface area contributed by atoms with E-state index in [1.165, 1.54) is 0 Å². The molecule has 3 heterocycles. The Morgan fingerprint density at radius 2 is 2.26 bits per heavy atom. The summed E-state index contributed by atoms with van der Waals surface area (Å²) in [5, 5.41) is 5.99. The number of amides is 1. The van der Waals surface area contributed by atoms with Gasteiger partial charge in [-0.2, -0.15) is 0 Å². The van der Waals surface area contributed by atoms with Gasteiger partial charge >= 0.3 is 0 Å². The van der Waals surface area contributed by atoms with Crippen LogP contribution in [-0.2, 0) is 14.6 Å². The summed E-state index contributed by atoms with van der Waals surface area (Å²) in [5.74, 6) is 0.101. The fraction of sp³-hybridized carbons (Fsp3) is 0.600. The number of aromatic nitrogens is 1. The molecule has 23 heavy (non-hydrogen) atoms. The number of sulfone groups is 1. The molecule has 2 aliphatic rings. The van der Waals surface area contributed by atoms with Crippen molar-refractivity contribution in [1.29, 1.82) is 0 Å². The standard InChI is InChI=1S/C15H21N3O4S/c19-15(17-9-13-2-1-6-22-13)14-8-11(3-5-16-14)18-12-4-7-23(20,21)10-12/h3,5,8,12-13H,1-2,4,6-7,9-10H2,(H,16,18)(H,17,19). The average molecular weight is 339 g/mol. The Kier molecular flexibility index (Phi) is 4.82. The van der Waals surface area contributed by atoms with E-state index in [4.69, 9.17) is 4.74 Å². The molecule has 0 radical (unpaired) electrons. The second-order valence-electron chi connectivity index (χ2n) is 6.02. The predicted octanol–water partition coefficient (Wildman–Crippen LogP) is 0.589. The number of carbonyl (C=O) groups is 1.